The summed E-state index contributed by atoms with van der Waals surface area (Å²) in [7, 11) is 0. The van der Waals surface area contributed by atoms with Crippen LogP contribution >= 0.6 is 0 Å². The first kappa shape index (κ1) is 22.8. The van der Waals surface area contributed by atoms with Gasteiger partial charge in [-0.3, -0.25) is 19.9 Å². The summed E-state index contributed by atoms with van der Waals surface area (Å²) in [5.41, 5.74) is -0.401. The van der Waals surface area contributed by atoms with E-state index in [0.717, 1.165) is 0 Å². The maximum absolute atomic E-state index is 12.9. The fourth-order valence-corrected chi connectivity index (χ4v) is 3.27. The second kappa shape index (κ2) is 8.70. The Morgan fingerprint density at radius 3 is 2.59 bits per heavy atom. The Balaban J connectivity index is 2.28. The summed E-state index contributed by atoms with van der Waals surface area (Å²) < 4.78 is 5.45. The van der Waals surface area contributed by atoms with Crippen molar-refractivity contribution in [1.29, 1.82) is 0 Å². The number of phenols is 2. The van der Waals surface area contributed by atoms with Crippen LogP contribution in [0.4, 0.5) is 5.69 Å². The number of nitrogens with zero attached hydrogens (tertiary/aromatic N) is 2. The van der Waals surface area contributed by atoms with Crippen LogP contribution in [0.15, 0.2) is 42.6 Å². The first-order valence-corrected chi connectivity index (χ1v) is 10.1. The maximum atomic E-state index is 12.9. The van der Waals surface area contributed by atoms with E-state index < -0.39 is 16.4 Å². The van der Waals surface area contributed by atoms with E-state index in [2.05, 4.69) is 10.3 Å². The topological polar surface area (TPSA) is 135 Å². The number of hydrogen-bond acceptors (Lipinski definition) is 7. The average molecular weight is 439 g/mol. The summed E-state index contributed by atoms with van der Waals surface area (Å²) in [5, 5.41) is 35.9. The van der Waals surface area contributed by atoms with Gasteiger partial charge in [-0.05, 0) is 36.8 Å². The monoisotopic (exact) mass is 439 g/mol. The van der Waals surface area contributed by atoms with E-state index >= 15 is 0 Å². The molecule has 0 aliphatic heterocycles. The third-order valence-electron chi connectivity index (χ3n) is 4.95. The van der Waals surface area contributed by atoms with Gasteiger partial charge in [-0.1, -0.05) is 26.8 Å². The molecule has 0 radical (unpaired) electrons. The van der Waals surface area contributed by atoms with Crippen LogP contribution in [0.25, 0.3) is 10.9 Å². The van der Waals surface area contributed by atoms with Crippen LogP contribution in [0.1, 0.15) is 44.9 Å². The van der Waals surface area contributed by atoms with E-state index in [0.29, 0.717) is 12.2 Å². The number of pyridine rings is 1. The number of aromatic nitrogens is 1. The number of aromatic hydroxyl groups is 2. The number of carbonyl (C=O) groups is 1. The fraction of sp³-hybridized carbons (Fsp3) is 0.304. The Labute approximate surface area is 184 Å². The molecule has 1 heterocycles. The van der Waals surface area contributed by atoms with Gasteiger partial charge in [-0.25, -0.2) is 0 Å². The molecule has 3 N–H and O–H groups in total. The molecule has 0 fully saturated rings. The third kappa shape index (κ3) is 4.41. The minimum atomic E-state index is -0.966. The van der Waals surface area contributed by atoms with Gasteiger partial charge in [0.25, 0.3) is 5.69 Å². The molecule has 1 amide bonds. The van der Waals surface area contributed by atoms with Gasteiger partial charge in [0.15, 0.2) is 11.5 Å². The number of nitrogens with one attached hydrogen (secondary N) is 1. The van der Waals surface area contributed by atoms with Gasteiger partial charge in [0.05, 0.1) is 23.0 Å². The highest BCUT2D eigenvalue weighted by atomic mass is 16.6. The largest absolute Gasteiger partial charge is 0.505 e. The van der Waals surface area contributed by atoms with Crippen molar-refractivity contribution in [3.63, 3.8) is 0 Å². The van der Waals surface area contributed by atoms with Gasteiger partial charge in [-0.15, -0.1) is 0 Å². The number of phenolic OH excluding ortho intramolecular Hbond substituents is 2. The van der Waals surface area contributed by atoms with Crippen LogP contribution < -0.4 is 10.1 Å². The molecule has 9 nitrogen and oxygen atoms in total. The van der Waals surface area contributed by atoms with Crippen LogP contribution in [-0.2, 0) is 4.79 Å². The SMILES string of the molecule is CCOc1cc(C(NC(=O)C(C)(C)C)c2cc([N+](=O)[O-])c3cccnc3c2O)ccc1O. The van der Waals surface area contributed by atoms with Gasteiger partial charge >= 0.3 is 0 Å². The lowest BCUT2D eigenvalue weighted by molar-refractivity contribution is -0.383. The Kier molecular flexibility index (Phi) is 6.20. The average Bonchev–Trinajstić information content (AvgIpc) is 2.73. The van der Waals surface area contributed by atoms with Crippen LogP contribution in [0, 0.1) is 15.5 Å². The number of rotatable bonds is 6. The number of benzene rings is 2. The molecule has 2 aromatic carbocycles. The van der Waals surface area contributed by atoms with Gasteiger partial charge in [0.2, 0.25) is 5.91 Å². The molecule has 0 spiro atoms. The van der Waals surface area contributed by atoms with Crippen LogP contribution in [-0.4, -0.2) is 32.6 Å². The smallest absolute Gasteiger partial charge is 0.279 e. The molecule has 0 aliphatic carbocycles. The fourth-order valence-electron chi connectivity index (χ4n) is 3.27. The summed E-state index contributed by atoms with van der Waals surface area (Å²) in [4.78, 5) is 28.2. The van der Waals surface area contributed by atoms with Crippen molar-refractivity contribution in [3.05, 3.63) is 63.8 Å². The second-order valence-electron chi connectivity index (χ2n) is 8.31. The third-order valence-corrected chi connectivity index (χ3v) is 4.95. The number of nitro benzene ring substituents is 1. The van der Waals surface area contributed by atoms with E-state index in [1.165, 1.54) is 30.5 Å². The number of ether oxygens (including phenoxy) is 1. The number of amides is 1. The van der Waals surface area contributed by atoms with Gasteiger partial charge in [0, 0.05) is 23.2 Å². The predicted molar refractivity (Wildman–Crippen MR) is 119 cm³/mol. The highest BCUT2D eigenvalue weighted by Crippen LogP contribution is 2.41. The Bertz CT molecular complexity index is 1190. The summed E-state index contributed by atoms with van der Waals surface area (Å²) in [6, 6.07) is 7.80. The van der Waals surface area contributed by atoms with Crippen molar-refractivity contribution in [2.75, 3.05) is 6.61 Å². The first-order valence-electron chi connectivity index (χ1n) is 10.1. The molecule has 0 bridgehead atoms. The number of carbonyl (C=O) groups excluding carboxylic acids is 1. The highest BCUT2D eigenvalue weighted by Gasteiger charge is 2.30. The molecule has 0 aliphatic rings. The van der Waals surface area contributed by atoms with Crippen molar-refractivity contribution < 1.29 is 24.7 Å². The zero-order valence-corrected chi connectivity index (χ0v) is 18.2. The number of non-ortho nitro benzene ring substituents is 1. The zero-order chi connectivity index (χ0) is 23.6. The lowest BCUT2D eigenvalue weighted by Crippen LogP contribution is -2.38. The molecule has 1 unspecified atom stereocenters. The van der Waals surface area contributed by atoms with Crippen LogP contribution in [0.5, 0.6) is 17.2 Å². The summed E-state index contributed by atoms with van der Waals surface area (Å²) in [5.74, 6) is -0.520. The molecule has 168 valence electrons. The molecular weight excluding hydrogens is 414 g/mol. The summed E-state index contributed by atoms with van der Waals surface area (Å²) >= 11 is 0. The Morgan fingerprint density at radius 2 is 1.97 bits per heavy atom. The van der Waals surface area contributed by atoms with Crippen molar-refractivity contribution in [3.8, 4) is 17.2 Å². The Morgan fingerprint density at radius 1 is 1.25 bits per heavy atom. The van der Waals surface area contributed by atoms with E-state index in [9.17, 15) is 25.1 Å². The quantitative estimate of drug-likeness (QED) is 0.387. The van der Waals surface area contributed by atoms with Crippen molar-refractivity contribution >= 4 is 22.5 Å². The van der Waals surface area contributed by atoms with E-state index in [-0.39, 0.29) is 45.3 Å². The highest BCUT2D eigenvalue weighted by molar-refractivity contribution is 5.94. The number of fused-ring (bicyclic) bond motifs is 1. The normalized spacial score (nSPS) is 12.4. The van der Waals surface area contributed by atoms with E-state index in [1.54, 1.807) is 39.8 Å². The summed E-state index contributed by atoms with van der Waals surface area (Å²) in [6.07, 6.45) is 1.42. The lowest BCUT2D eigenvalue weighted by Gasteiger charge is -2.26. The molecule has 32 heavy (non-hydrogen) atoms. The molecule has 3 rings (SSSR count). The molecular formula is C23H25N3O6. The van der Waals surface area contributed by atoms with Crippen LogP contribution in [0.3, 0.4) is 0 Å². The molecule has 0 saturated carbocycles. The van der Waals surface area contributed by atoms with Crippen molar-refractivity contribution in [1.82, 2.24) is 10.3 Å². The van der Waals surface area contributed by atoms with Crippen LogP contribution in [0.2, 0.25) is 0 Å². The van der Waals surface area contributed by atoms with E-state index in [4.69, 9.17) is 4.74 Å². The Hall–Kier alpha value is -3.88. The molecule has 3 aromatic rings. The second-order valence-corrected chi connectivity index (χ2v) is 8.31. The molecule has 1 aromatic heterocycles. The predicted octanol–water partition coefficient (Wildman–Crippen LogP) is 4.20. The van der Waals surface area contributed by atoms with Gasteiger partial charge in [0.1, 0.15) is 11.3 Å². The number of hydrogen-bond donors (Lipinski definition) is 3. The summed E-state index contributed by atoms with van der Waals surface area (Å²) in [6.45, 7) is 7.24. The zero-order valence-electron chi connectivity index (χ0n) is 18.2. The van der Waals surface area contributed by atoms with Crippen molar-refractivity contribution in [2.24, 2.45) is 5.41 Å². The molecule has 1 atom stereocenters. The minimum absolute atomic E-state index is 0.0514. The van der Waals surface area contributed by atoms with E-state index in [1.807, 2.05) is 0 Å². The first-order chi connectivity index (χ1) is 15.0. The standard InChI is InChI=1S/C23H25N3O6/c1-5-32-18-11-13(8-9-17(18)27)19(25-22(29)23(2,3)4)15-12-16(26(30)31)14-7-6-10-24-20(14)21(15)28/h6-12,19,27-28H,5H2,1-4H3,(H,25,29). The maximum Gasteiger partial charge on any atom is 0.279 e. The number of nitro groups is 1. The minimum Gasteiger partial charge on any atom is -0.505 e. The molecule has 0 saturated heterocycles. The van der Waals surface area contributed by atoms with Gasteiger partial charge in [-0.2, -0.15) is 0 Å². The lowest BCUT2D eigenvalue weighted by atomic mass is 9.91. The molecule has 9 heteroatoms. The van der Waals surface area contributed by atoms with Gasteiger partial charge < -0.3 is 20.3 Å². The van der Waals surface area contributed by atoms with Crippen molar-refractivity contribution in [2.45, 2.75) is 33.7 Å².